The lowest BCUT2D eigenvalue weighted by Crippen LogP contribution is -2.26. The molecule has 25 heavy (non-hydrogen) atoms. The third-order valence-corrected chi connectivity index (χ3v) is 4.65. The van der Waals surface area contributed by atoms with E-state index in [0.29, 0.717) is 29.3 Å². The van der Waals surface area contributed by atoms with Crippen molar-refractivity contribution in [3.63, 3.8) is 0 Å². The molecule has 0 spiro atoms. The first kappa shape index (κ1) is 17.2. The van der Waals surface area contributed by atoms with Crippen molar-refractivity contribution in [1.82, 2.24) is 15.5 Å². The van der Waals surface area contributed by atoms with Gasteiger partial charge in [-0.2, -0.15) is 16.9 Å². The number of H-pyrrole nitrogens is 1. The van der Waals surface area contributed by atoms with Crippen LogP contribution in [-0.4, -0.2) is 28.4 Å². The molecule has 0 saturated heterocycles. The molecular formula is C19H18FN3OS. The number of amides is 1. The first-order valence-electron chi connectivity index (χ1n) is 7.94. The SMILES string of the molecule is O=C(NCCSCc1ccccc1F)c1cc(-c2ccccc2)n[nH]1. The number of hydrogen-bond acceptors (Lipinski definition) is 3. The number of carbonyl (C=O) groups is 1. The Morgan fingerprint density at radius 2 is 1.88 bits per heavy atom. The van der Waals surface area contributed by atoms with Gasteiger partial charge in [0.1, 0.15) is 11.5 Å². The molecule has 1 amide bonds. The van der Waals surface area contributed by atoms with Crippen molar-refractivity contribution < 1.29 is 9.18 Å². The minimum absolute atomic E-state index is 0.190. The molecule has 6 heteroatoms. The van der Waals surface area contributed by atoms with Crippen LogP contribution in [-0.2, 0) is 5.75 Å². The molecule has 4 nitrogen and oxygen atoms in total. The summed E-state index contributed by atoms with van der Waals surface area (Å²) in [6.45, 7) is 0.512. The Morgan fingerprint density at radius 3 is 2.68 bits per heavy atom. The molecule has 0 aliphatic carbocycles. The van der Waals surface area contributed by atoms with Crippen molar-refractivity contribution in [1.29, 1.82) is 0 Å². The van der Waals surface area contributed by atoms with Crippen LogP contribution >= 0.6 is 11.8 Å². The highest BCUT2D eigenvalue weighted by Gasteiger charge is 2.10. The second kappa shape index (κ2) is 8.48. The number of halogens is 1. The van der Waals surface area contributed by atoms with Gasteiger partial charge in [0.15, 0.2) is 0 Å². The third kappa shape index (κ3) is 4.70. The number of aromatic amines is 1. The number of aromatic nitrogens is 2. The minimum atomic E-state index is -0.193. The van der Waals surface area contributed by atoms with Crippen LogP contribution in [0.5, 0.6) is 0 Å². The van der Waals surface area contributed by atoms with Gasteiger partial charge in [-0.1, -0.05) is 48.5 Å². The average Bonchev–Trinajstić information content (AvgIpc) is 3.14. The van der Waals surface area contributed by atoms with Crippen molar-refractivity contribution in [3.8, 4) is 11.3 Å². The molecule has 3 aromatic rings. The lowest BCUT2D eigenvalue weighted by Gasteiger charge is -2.04. The number of carbonyl (C=O) groups excluding carboxylic acids is 1. The van der Waals surface area contributed by atoms with Crippen LogP contribution in [0, 0.1) is 5.82 Å². The van der Waals surface area contributed by atoms with E-state index in [0.717, 1.165) is 11.3 Å². The molecule has 0 aliphatic heterocycles. The van der Waals surface area contributed by atoms with E-state index >= 15 is 0 Å². The summed E-state index contributed by atoms with van der Waals surface area (Å²) in [5, 5.41) is 9.77. The van der Waals surface area contributed by atoms with Gasteiger partial charge in [-0.25, -0.2) is 4.39 Å². The normalized spacial score (nSPS) is 10.6. The lowest BCUT2D eigenvalue weighted by molar-refractivity contribution is 0.0951. The highest BCUT2D eigenvalue weighted by Crippen LogP contribution is 2.17. The number of benzene rings is 2. The van der Waals surface area contributed by atoms with Crippen LogP contribution in [0.4, 0.5) is 4.39 Å². The zero-order valence-corrected chi connectivity index (χ0v) is 14.4. The van der Waals surface area contributed by atoms with E-state index in [4.69, 9.17) is 0 Å². The summed E-state index contributed by atoms with van der Waals surface area (Å²) in [7, 11) is 0. The van der Waals surface area contributed by atoms with E-state index < -0.39 is 0 Å². The fourth-order valence-corrected chi connectivity index (χ4v) is 3.17. The average molecular weight is 355 g/mol. The molecule has 0 aliphatic rings. The Balaban J connectivity index is 1.44. The van der Waals surface area contributed by atoms with Crippen molar-refractivity contribution in [2.75, 3.05) is 12.3 Å². The van der Waals surface area contributed by atoms with E-state index in [2.05, 4.69) is 15.5 Å². The van der Waals surface area contributed by atoms with E-state index in [9.17, 15) is 9.18 Å². The Kier molecular flexibility index (Phi) is 5.85. The second-order valence-corrected chi connectivity index (χ2v) is 6.54. The van der Waals surface area contributed by atoms with E-state index in [1.807, 2.05) is 36.4 Å². The maximum absolute atomic E-state index is 13.5. The van der Waals surface area contributed by atoms with Gasteiger partial charge < -0.3 is 5.32 Å². The molecule has 0 fully saturated rings. The summed E-state index contributed by atoms with van der Waals surface area (Å²) < 4.78 is 13.5. The Bertz CT molecular complexity index is 835. The largest absolute Gasteiger partial charge is 0.350 e. The number of nitrogens with zero attached hydrogens (tertiary/aromatic N) is 1. The summed E-state index contributed by atoms with van der Waals surface area (Å²) in [4.78, 5) is 12.1. The van der Waals surface area contributed by atoms with Gasteiger partial charge in [-0.05, 0) is 17.7 Å². The Morgan fingerprint density at radius 1 is 1.12 bits per heavy atom. The first-order valence-corrected chi connectivity index (χ1v) is 9.09. The molecule has 3 rings (SSSR count). The molecule has 0 unspecified atom stereocenters. The quantitative estimate of drug-likeness (QED) is 0.633. The number of nitrogens with one attached hydrogen (secondary N) is 2. The summed E-state index contributed by atoms with van der Waals surface area (Å²) >= 11 is 1.58. The molecule has 0 bridgehead atoms. The molecule has 1 heterocycles. The van der Waals surface area contributed by atoms with Gasteiger partial charge >= 0.3 is 0 Å². The van der Waals surface area contributed by atoms with E-state index in [-0.39, 0.29) is 11.7 Å². The molecule has 2 aromatic carbocycles. The lowest BCUT2D eigenvalue weighted by atomic mass is 10.1. The van der Waals surface area contributed by atoms with Crippen LogP contribution in [0.25, 0.3) is 11.3 Å². The summed E-state index contributed by atoms with van der Waals surface area (Å²) in [6.07, 6.45) is 0. The highest BCUT2D eigenvalue weighted by molar-refractivity contribution is 7.98. The summed E-state index contributed by atoms with van der Waals surface area (Å²) in [5.41, 5.74) is 2.80. The van der Waals surface area contributed by atoms with Crippen LogP contribution in [0.3, 0.4) is 0 Å². The Hall–Kier alpha value is -2.60. The molecule has 0 saturated carbocycles. The van der Waals surface area contributed by atoms with Crippen molar-refractivity contribution >= 4 is 17.7 Å². The predicted molar refractivity (Wildman–Crippen MR) is 98.9 cm³/mol. The van der Waals surface area contributed by atoms with Crippen molar-refractivity contribution in [2.45, 2.75) is 5.75 Å². The van der Waals surface area contributed by atoms with Gasteiger partial charge in [0, 0.05) is 23.6 Å². The second-order valence-electron chi connectivity index (χ2n) is 5.43. The van der Waals surface area contributed by atoms with Gasteiger partial charge in [-0.15, -0.1) is 0 Å². The maximum atomic E-state index is 13.5. The van der Waals surface area contributed by atoms with Crippen LogP contribution in [0.15, 0.2) is 60.7 Å². The highest BCUT2D eigenvalue weighted by atomic mass is 32.2. The zero-order valence-electron chi connectivity index (χ0n) is 13.5. The molecular weight excluding hydrogens is 337 g/mol. The standard InChI is InChI=1S/C19H18FN3OS/c20-16-9-5-4-8-15(16)13-25-11-10-21-19(24)18-12-17(22-23-18)14-6-2-1-3-7-14/h1-9,12H,10-11,13H2,(H,21,24)(H,22,23). The van der Waals surface area contributed by atoms with Crippen molar-refractivity contribution in [2.24, 2.45) is 0 Å². The first-order chi connectivity index (χ1) is 12.2. The number of hydrogen-bond donors (Lipinski definition) is 2. The molecule has 0 radical (unpaired) electrons. The van der Waals surface area contributed by atoms with Crippen molar-refractivity contribution in [3.05, 3.63) is 77.7 Å². The zero-order chi connectivity index (χ0) is 17.5. The van der Waals surface area contributed by atoms with Gasteiger partial charge in [0.2, 0.25) is 0 Å². The molecule has 1 aromatic heterocycles. The molecule has 128 valence electrons. The minimum Gasteiger partial charge on any atom is -0.350 e. The summed E-state index contributed by atoms with van der Waals surface area (Å²) in [5.74, 6) is 0.913. The van der Waals surface area contributed by atoms with Gasteiger partial charge in [-0.3, -0.25) is 9.89 Å². The van der Waals surface area contributed by atoms with Crippen LogP contribution in [0.1, 0.15) is 16.1 Å². The fraction of sp³-hybridized carbons (Fsp3) is 0.158. The number of rotatable bonds is 7. The van der Waals surface area contributed by atoms with E-state index in [1.54, 1.807) is 30.0 Å². The smallest absolute Gasteiger partial charge is 0.269 e. The van der Waals surface area contributed by atoms with Gasteiger partial charge in [0.25, 0.3) is 5.91 Å². The molecule has 2 N–H and O–H groups in total. The van der Waals surface area contributed by atoms with Crippen LogP contribution in [0.2, 0.25) is 0 Å². The molecule has 0 atom stereocenters. The van der Waals surface area contributed by atoms with Crippen LogP contribution < -0.4 is 5.32 Å². The summed E-state index contributed by atoms with van der Waals surface area (Å²) in [6, 6.07) is 18.1. The maximum Gasteiger partial charge on any atom is 0.269 e. The fourth-order valence-electron chi connectivity index (χ4n) is 2.32. The number of thioether (sulfide) groups is 1. The monoisotopic (exact) mass is 355 g/mol. The Labute approximate surface area is 149 Å². The topological polar surface area (TPSA) is 57.8 Å². The predicted octanol–water partition coefficient (Wildman–Crippen LogP) is 3.88. The van der Waals surface area contributed by atoms with Gasteiger partial charge in [0.05, 0.1) is 5.69 Å². The van der Waals surface area contributed by atoms with E-state index in [1.165, 1.54) is 6.07 Å². The third-order valence-electron chi connectivity index (χ3n) is 3.64.